The number of nitrogens with one attached hydrogen (secondary N) is 1. The molecule has 0 fully saturated rings. The minimum atomic E-state index is -0.382. The summed E-state index contributed by atoms with van der Waals surface area (Å²) >= 11 is 4.53. The Bertz CT molecular complexity index is 862. The van der Waals surface area contributed by atoms with Crippen LogP contribution in [0.15, 0.2) is 34.9 Å². The number of nitrogens with zero attached hydrogens (tertiary/aromatic N) is 4. The van der Waals surface area contributed by atoms with E-state index in [9.17, 15) is 9.18 Å². The molecule has 1 amide bonds. The van der Waals surface area contributed by atoms with Crippen molar-refractivity contribution in [2.45, 2.75) is 13.5 Å². The van der Waals surface area contributed by atoms with Gasteiger partial charge in [0.2, 0.25) is 5.01 Å². The van der Waals surface area contributed by atoms with Gasteiger partial charge in [0.05, 0.1) is 11.0 Å². The first kappa shape index (κ1) is 15.8. The quantitative estimate of drug-likeness (QED) is 0.735. The predicted octanol–water partition coefficient (Wildman–Crippen LogP) is 3.25. The molecular formula is C14H11BrFN5OS. The summed E-state index contributed by atoms with van der Waals surface area (Å²) in [4.78, 5) is 12.1. The molecule has 1 N–H and O–H groups in total. The fourth-order valence-electron chi connectivity index (χ4n) is 1.91. The molecule has 0 radical (unpaired) electrons. The number of rotatable bonds is 4. The first-order valence-electron chi connectivity index (χ1n) is 6.61. The molecule has 0 aliphatic carbocycles. The maximum absolute atomic E-state index is 13.7. The molecule has 0 aliphatic heterocycles. The van der Waals surface area contributed by atoms with Gasteiger partial charge in [-0.3, -0.25) is 9.48 Å². The van der Waals surface area contributed by atoms with Crippen molar-refractivity contribution >= 4 is 39.0 Å². The van der Waals surface area contributed by atoms with Gasteiger partial charge in [-0.05, 0) is 28.9 Å². The van der Waals surface area contributed by atoms with Crippen molar-refractivity contribution < 1.29 is 9.18 Å². The molecule has 2 aromatic heterocycles. The van der Waals surface area contributed by atoms with Crippen LogP contribution >= 0.6 is 27.3 Å². The number of halogens is 2. The Morgan fingerprint density at radius 2 is 2.17 bits per heavy atom. The van der Waals surface area contributed by atoms with Crippen molar-refractivity contribution in [3.63, 3.8) is 0 Å². The lowest BCUT2D eigenvalue weighted by molar-refractivity contribution is 0.102. The number of carbonyl (C=O) groups excluding carboxylic acids is 1. The molecular weight excluding hydrogens is 385 g/mol. The average molecular weight is 396 g/mol. The molecule has 6 nitrogen and oxygen atoms in total. The molecule has 0 saturated heterocycles. The van der Waals surface area contributed by atoms with E-state index >= 15 is 0 Å². The highest BCUT2D eigenvalue weighted by atomic mass is 79.9. The molecule has 118 valence electrons. The van der Waals surface area contributed by atoms with E-state index in [2.05, 4.69) is 36.5 Å². The fraction of sp³-hybridized carbons (Fsp3) is 0.143. The van der Waals surface area contributed by atoms with Crippen LogP contribution in [0.1, 0.15) is 20.4 Å². The Kier molecular flexibility index (Phi) is 4.49. The van der Waals surface area contributed by atoms with Gasteiger partial charge in [0.25, 0.3) is 5.91 Å². The third-order valence-electron chi connectivity index (χ3n) is 2.96. The second kappa shape index (κ2) is 6.55. The largest absolute Gasteiger partial charge is 0.302 e. The first-order chi connectivity index (χ1) is 11.0. The van der Waals surface area contributed by atoms with Gasteiger partial charge in [-0.25, -0.2) is 4.39 Å². The Morgan fingerprint density at radius 1 is 1.39 bits per heavy atom. The SMILES string of the molecule is Cc1nnc(C(=O)Nc2nn(Cc3ccccc3F)cc2Br)s1. The second-order valence-electron chi connectivity index (χ2n) is 4.69. The summed E-state index contributed by atoms with van der Waals surface area (Å²) < 4.78 is 15.8. The number of aromatic nitrogens is 4. The zero-order valence-corrected chi connectivity index (χ0v) is 14.4. The van der Waals surface area contributed by atoms with Crippen LogP contribution in [0.5, 0.6) is 0 Å². The van der Waals surface area contributed by atoms with E-state index in [0.29, 0.717) is 20.9 Å². The van der Waals surface area contributed by atoms with E-state index in [1.165, 1.54) is 17.4 Å². The molecule has 0 unspecified atom stereocenters. The first-order valence-corrected chi connectivity index (χ1v) is 8.21. The van der Waals surface area contributed by atoms with Gasteiger partial charge in [-0.2, -0.15) is 5.10 Å². The molecule has 2 heterocycles. The number of hydrogen-bond acceptors (Lipinski definition) is 5. The summed E-state index contributed by atoms with van der Waals surface area (Å²) in [7, 11) is 0. The van der Waals surface area contributed by atoms with Gasteiger partial charge < -0.3 is 5.32 Å². The van der Waals surface area contributed by atoms with Crippen molar-refractivity contribution in [1.82, 2.24) is 20.0 Å². The topological polar surface area (TPSA) is 72.7 Å². The Balaban J connectivity index is 1.76. The van der Waals surface area contributed by atoms with Gasteiger partial charge in [0, 0.05) is 11.8 Å². The van der Waals surface area contributed by atoms with Crippen LogP contribution in [-0.2, 0) is 6.54 Å². The predicted molar refractivity (Wildman–Crippen MR) is 88.0 cm³/mol. The van der Waals surface area contributed by atoms with Gasteiger partial charge >= 0.3 is 0 Å². The highest BCUT2D eigenvalue weighted by Crippen LogP contribution is 2.22. The van der Waals surface area contributed by atoms with E-state index < -0.39 is 0 Å². The Hall–Kier alpha value is -2.13. The Labute approximate surface area is 143 Å². The number of benzene rings is 1. The molecule has 9 heteroatoms. The number of amides is 1. The highest BCUT2D eigenvalue weighted by Gasteiger charge is 2.16. The van der Waals surface area contributed by atoms with Gasteiger partial charge in [0.1, 0.15) is 10.8 Å². The summed E-state index contributed by atoms with van der Waals surface area (Å²) in [5.41, 5.74) is 0.514. The summed E-state index contributed by atoms with van der Waals surface area (Å²) in [5, 5.41) is 15.5. The molecule has 3 rings (SSSR count). The Morgan fingerprint density at radius 3 is 2.87 bits per heavy atom. The number of aryl methyl sites for hydroxylation is 1. The normalized spacial score (nSPS) is 10.7. The van der Waals surface area contributed by atoms with Crippen molar-refractivity contribution in [2.24, 2.45) is 0 Å². The molecule has 0 bridgehead atoms. The molecule has 1 aromatic carbocycles. The third kappa shape index (κ3) is 3.62. The fourth-order valence-corrected chi connectivity index (χ4v) is 2.91. The van der Waals surface area contributed by atoms with Gasteiger partial charge in [0.15, 0.2) is 5.82 Å². The van der Waals surface area contributed by atoms with Crippen LogP contribution in [0.25, 0.3) is 0 Å². The van der Waals surface area contributed by atoms with Crippen LogP contribution in [0.2, 0.25) is 0 Å². The summed E-state index contributed by atoms with van der Waals surface area (Å²) in [6.07, 6.45) is 1.67. The molecule has 0 saturated carbocycles. The van der Waals surface area contributed by atoms with E-state index in [-0.39, 0.29) is 23.3 Å². The lowest BCUT2D eigenvalue weighted by atomic mass is 10.2. The van der Waals surface area contributed by atoms with Gasteiger partial charge in [-0.15, -0.1) is 10.2 Å². The van der Waals surface area contributed by atoms with Crippen LogP contribution in [0.4, 0.5) is 10.2 Å². The van der Waals surface area contributed by atoms with Crippen molar-refractivity contribution in [3.8, 4) is 0 Å². The van der Waals surface area contributed by atoms with Crippen molar-refractivity contribution in [3.05, 3.63) is 56.3 Å². The number of carbonyl (C=O) groups is 1. The monoisotopic (exact) mass is 395 g/mol. The lowest BCUT2D eigenvalue weighted by Crippen LogP contribution is -2.13. The summed E-state index contributed by atoms with van der Waals surface area (Å²) in [5.74, 6) is -0.333. The number of hydrogen-bond donors (Lipinski definition) is 1. The number of anilines is 1. The van der Waals surface area contributed by atoms with Crippen LogP contribution in [0.3, 0.4) is 0 Å². The van der Waals surface area contributed by atoms with Gasteiger partial charge in [-0.1, -0.05) is 29.5 Å². The van der Waals surface area contributed by atoms with E-state index in [4.69, 9.17) is 0 Å². The third-order valence-corrected chi connectivity index (χ3v) is 4.38. The van der Waals surface area contributed by atoms with E-state index in [1.807, 2.05) is 0 Å². The molecule has 0 atom stereocenters. The van der Waals surface area contributed by atoms with Crippen molar-refractivity contribution in [1.29, 1.82) is 0 Å². The van der Waals surface area contributed by atoms with Crippen LogP contribution in [0, 0.1) is 12.7 Å². The molecule has 23 heavy (non-hydrogen) atoms. The average Bonchev–Trinajstić information content (AvgIpc) is 3.08. The zero-order valence-electron chi connectivity index (χ0n) is 12.0. The molecule has 0 aliphatic rings. The molecule has 3 aromatic rings. The highest BCUT2D eigenvalue weighted by molar-refractivity contribution is 9.10. The maximum atomic E-state index is 13.7. The van der Waals surface area contributed by atoms with Crippen LogP contribution in [-0.4, -0.2) is 25.9 Å². The minimum absolute atomic E-state index is 0.262. The second-order valence-corrected chi connectivity index (χ2v) is 6.73. The standard InChI is InChI=1S/C14H11BrFN5OS/c1-8-18-19-14(23-8)13(22)17-12-10(15)7-21(20-12)6-9-4-2-3-5-11(9)16/h2-5,7H,6H2,1H3,(H,17,20,22). The minimum Gasteiger partial charge on any atom is -0.302 e. The summed E-state index contributed by atoms with van der Waals surface area (Å²) in [6, 6.07) is 6.48. The summed E-state index contributed by atoms with van der Waals surface area (Å²) in [6.45, 7) is 2.03. The van der Waals surface area contributed by atoms with Crippen molar-refractivity contribution in [2.75, 3.05) is 5.32 Å². The lowest BCUT2D eigenvalue weighted by Gasteiger charge is -2.03. The molecule has 0 spiro atoms. The zero-order chi connectivity index (χ0) is 16.4. The van der Waals surface area contributed by atoms with Crippen LogP contribution < -0.4 is 5.32 Å². The van der Waals surface area contributed by atoms with E-state index in [1.54, 1.807) is 36.0 Å². The smallest absolute Gasteiger partial charge is 0.287 e. The van der Waals surface area contributed by atoms with E-state index in [0.717, 1.165) is 0 Å². The maximum Gasteiger partial charge on any atom is 0.287 e.